The highest BCUT2D eigenvalue weighted by molar-refractivity contribution is 5.02. The molecule has 25 aliphatic rings. The summed E-state index contributed by atoms with van der Waals surface area (Å²) in [6.07, 6.45) is -83.6. The monoisotopic (exact) mass is 1480 g/mol. The summed E-state index contributed by atoms with van der Waals surface area (Å²) < 4.78 is 94.3. The van der Waals surface area contributed by atoms with E-state index in [9.17, 15) is 148 Å². The van der Waals surface area contributed by atoms with Crippen LogP contribution in [0, 0.1) is 0 Å². The number of rotatable bonds is 13. The molecule has 0 amide bonds. The highest BCUT2D eigenvalue weighted by Crippen LogP contribution is 2.40. The molecule has 0 saturated carbocycles. The minimum Gasteiger partial charge on any atom is -0.394 e. The molecule has 46 nitrogen and oxygen atoms in total. The van der Waals surface area contributed by atoms with Gasteiger partial charge in [-0.2, -0.15) is 0 Å². The fraction of sp³-hybridized carbons (Fsp3) is 1.00. The van der Waals surface area contributed by atoms with Crippen LogP contribution in [0.4, 0.5) is 0 Å². The van der Waals surface area contributed by atoms with Crippen molar-refractivity contribution in [2.24, 2.45) is 0 Å². The van der Waals surface area contributed by atoms with E-state index in [1.807, 2.05) is 0 Å². The summed E-state index contributed by atoms with van der Waals surface area (Å²) in [6, 6.07) is 0. The summed E-state index contributed by atoms with van der Waals surface area (Å²) in [6.45, 7) is -8.31. The van der Waals surface area contributed by atoms with Crippen molar-refractivity contribution in [1.82, 2.24) is 0 Å². The predicted octanol–water partition coefficient (Wildman–Crippen LogP) is -20.6. The molecular formula is C54H92O46. The zero-order valence-corrected chi connectivity index (χ0v) is 52.3. The minimum atomic E-state index is -2.15. The lowest BCUT2D eigenvalue weighted by Crippen LogP contribution is -2.69. The molecule has 25 saturated heterocycles. The summed E-state index contributed by atoms with van der Waals surface area (Å²) in [5.74, 6) is 0. The smallest absolute Gasteiger partial charge is 0.187 e. The molecule has 20 unspecified atom stereocenters. The third kappa shape index (κ3) is 16.7. The molecule has 0 spiro atoms. The van der Waals surface area contributed by atoms with Gasteiger partial charge in [0.25, 0.3) is 0 Å². The Morgan fingerprint density at radius 1 is 0.170 bits per heavy atom. The van der Waals surface area contributed by atoms with Crippen molar-refractivity contribution >= 4 is 0 Å². The molecule has 584 valence electrons. The van der Waals surface area contributed by atoms with Gasteiger partial charge in [-0.25, -0.2) is 0 Å². The molecule has 46 heteroatoms. The molecule has 25 aliphatic heterocycles. The molecule has 0 radical (unpaired) electrons. The van der Waals surface area contributed by atoms with Crippen LogP contribution in [0.5, 0.6) is 0 Å². The van der Waals surface area contributed by atoms with Crippen LogP contribution in [-0.2, 0) is 80.5 Å². The normalized spacial score (nSPS) is 54.4. The maximum absolute atomic E-state index is 11.2. The zero-order valence-electron chi connectivity index (χ0n) is 52.3. The van der Waals surface area contributed by atoms with Crippen molar-refractivity contribution < 1.29 is 229 Å². The molecule has 0 aromatic carbocycles. The van der Waals surface area contributed by atoms with E-state index in [4.69, 9.17) is 80.5 Å². The quantitative estimate of drug-likeness (QED) is 0.0814. The third-order valence-corrected chi connectivity index (χ3v) is 18.8. The average molecular weight is 1480 g/mol. The third-order valence-electron chi connectivity index (χ3n) is 18.8. The molecule has 100 heavy (non-hydrogen) atoms. The Hall–Kier alpha value is -1.84. The summed E-state index contributed by atoms with van der Waals surface area (Å²) in [7, 11) is 0. The van der Waals surface area contributed by atoms with E-state index in [0.29, 0.717) is 0 Å². The number of aliphatic hydroxyl groups excluding tert-OH is 29. The Morgan fingerprint density at radius 3 is 0.620 bits per heavy atom. The Bertz CT molecular complexity index is 2160. The van der Waals surface area contributed by atoms with E-state index in [-0.39, 0.29) is 0 Å². The molecule has 25 heterocycles. The molecule has 25 fully saturated rings. The fourth-order valence-corrected chi connectivity index (χ4v) is 13.0. The first-order chi connectivity index (χ1) is 47.5. The van der Waals surface area contributed by atoms with Crippen LogP contribution < -0.4 is 0 Å². The van der Waals surface area contributed by atoms with E-state index >= 15 is 0 Å². The van der Waals surface area contributed by atoms with Crippen LogP contribution in [0.25, 0.3) is 0 Å². The topological polar surface area (TPSA) is 744 Å². The maximum atomic E-state index is 11.2. The van der Waals surface area contributed by atoms with Gasteiger partial charge in [0.2, 0.25) is 0 Å². The second-order valence-corrected chi connectivity index (χ2v) is 25.2. The van der Waals surface area contributed by atoms with Crippen molar-refractivity contribution in [3.05, 3.63) is 0 Å². The van der Waals surface area contributed by atoms with Crippen molar-refractivity contribution in [1.29, 1.82) is 0 Å². The van der Waals surface area contributed by atoms with Crippen molar-refractivity contribution in [2.75, 3.05) is 59.5 Å². The van der Waals surface area contributed by atoms with Gasteiger partial charge in [0, 0.05) is 0 Å². The van der Waals surface area contributed by atoms with Crippen LogP contribution in [0.2, 0.25) is 0 Å². The van der Waals surface area contributed by atoms with Crippen LogP contribution in [0.1, 0.15) is 0 Å². The van der Waals surface area contributed by atoms with Gasteiger partial charge in [0.1, 0.15) is 220 Å². The van der Waals surface area contributed by atoms with E-state index < -0.39 is 336 Å². The van der Waals surface area contributed by atoms with E-state index in [1.54, 1.807) is 0 Å². The lowest BCUT2D eigenvalue weighted by Gasteiger charge is -2.50. The zero-order chi connectivity index (χ0) is 73.4. The minimum absolute atomic E-state index is 0.741. The van der Waals surface area contributed by atoms with Crippen molar-refractivity contribution in [3.8, 4) is 0 Å². The van der Waals surface area contributed by atoms with Crippen LogP contribution >= 0.6 is 0 Å². The SMILES string of the molecule is OC[C@H]1OC(O[C@H]2[C@H](O)C(O)C(O[C@H]3C(O)C(O)C(O)O[C@@H]3CO)O[C@@H]2CO)[C@H](O)[C@@H](O)[C@@H]1O.OC[C@H]1O[C@@H]2O[C@H]3C(O)C(O)[C@H](O[C@@H]3CO)O[C@H]3C(O)C(O)[C@H](O[C@@H]3CO)O[C@H]3C(O)C(O)[C@H](O[C@@H]3CO)O[C@H]3C(O)C(O)[C@H](O[C@@H]3CO)O[C@H]3C(O)C(O)C(OC1C(O)C2O)O[C@@H]3CO. The summed E-state index contributed by atoms with van der Waals surface area (Å²) in [5, 5.41) is 305. The highest BCUT2D eigenvalue weighted by atomic mass is 16.8. The van der Waals surface area contributed by atoms with Gasteiger partial charge in [0.05, 0.1) is 59.5 Å². The van der Waals surface area contributed by atoms with Gasteiger partial charge in [0.15, 0.2) is 56.6 Å². The average Bonchev–Trinajstić information content (AvgIpc) is 0.793. The molecule has 0 aromatic rings. The number of hydrogen-bond acceptors (Lipinski definition) is 46. The molecule has 0 aromatic heterocycles. The lowest BCUT2D eigenvalue weighted by atomic mass is 9.94. The largest absolute Gasteiger partial charge is 0.394 e. The molecule has 45 atom stereocenters. The van der Waals surface area contributed by atoms with Crippen LogP contribution in [-0.4, -0.2) is 484 Å². The second kappa shape index (κ2) is 35.5. The van der Waals surface area contributed by atoms with Crippen LogP contribution in [0.15, 0.2) is 0 Å². The van der Waals surface area contributed by atoms with Gasteiger partial charge in [-0.15, -0.1) is 0 Å². The van der Waals surface area contributed by atoms with Gasteiger partial charge in [-0.3, -0.25) is 0 Å². The Balaban J connectivity index is 0.000000288. The fourth-order valence-electron chi connectivity index (χ4n) is 13.0. The maximum Gasteiger partial charge on any atom is 0.187 e. The Kier molecular flexibility index (Phi) is 29.2. The van der Waals surface area contributed by atoms with Crippen molar-refractivity contribution in [3.63, 3.8) is 0 Å². The lowest BCUT2D eigenvalue weighted by molar-refractivity contribution is -0.404. The molecule has 12 bridgehead atoms. The molecule has 29 N–H and O–H groups in total. The Labute approximate surface area is 563 Å². The number of hydrogen-bond donors (Lipinski definition) is 29. The van der Waals surface area contributed by atoms with Gasteiger partial charge in [-0.05, 0) is 0 Å². The number of ether oxygens (including phenoxy) is 17. The molecule has 25 rings (SSSR count). The second-order valence-electron chi connectivity index (χ2n) is 25.2. The standard InChI is InChI=1S/C36H60O30.C18H32O16/c37-1-7-25-13(43)19(49)31(55-7)62-26-8(2-38)57-33(21(51)15(26)45)64-28-10(4-40)59-35(23(53)17(28)47)66-30-12(6-42)60-36(24(54)18(30)48)65-29-11(5-41)58-34(22(52)16(29)46)63-27-9(3-39)56-32(61-25)20(50)14(27)44;19-1-4-7(22)8(23)12(27)17(31-4)34-15-6(3-21)32-18(13(28)10(15)25)33-14-5(2-20)30-16(29)11(26)9(14)24/h7-54H,1-6H2;4-29H,1-3H2/t7-,8-,9-,10-,11-,12-,13?,14?,15?,16?,17?,18?,19?,20?,21?,22?,23?,24?,25-,26-,27-,28-,29-,30?,31-,32-,33-,34-,35?,36-;4-,5-,6-,7-,8+,9?,10-,11?,12-,13?,14-,15-,16?,17?,18?/m11/s1. The van der Waals surface area contributed by atoms with E-state index in [2.05, 4.69) is 0 Å². The van der Waals surface area contributed by atoms with Gasteiger partial charge >= 0.3 is 0 Å². The predicted molar refractivity (Wildman–Crippen MR) is 297 cm³/mol. The van der Waals surface area contributed by atoms with Crippen LogP contribution in [0.3, 0.4) is 0 Å². The first kappa shape index (κ1) is 82.2. The van der Waals surface area contributed by atoms with Gasteiger partial charge in [-0.1, -0.05) is 0 Å². The first-order valence-corrected chi connectivity index (χ1v) is 31.7. The first-order valence-electron chi connectivity index (χ1n) is 31.7. The summed E-state index contributed by atoms with van der Waals surface area (Å²) in [5.41, 5.74) is 0. The molecule has 0 aliphatic carbocycles. The summed E-state index contributed by atoms with van der Waals surface area (Å²) >= 11 is 0. The van der Waals surface area contributed by atoms with Gasteiger partial charge < -0.3 is 229 Å². The highest BCUT2D eigenvalue weighted by Gasteiger charge is 2.60. The summed E-state index contributed by atoms with van der Waals surface area (Å²) in [4.78, 5) is 0. The van der Waals surface area contributed by atoms with E-state index in [0.717, 1.165) is 0 Å². The Morgan fingerprint density at radius 2 is 0.380 bits per heavy atom. The van der Waals surface area contributed by atoms with Crippen molar-refractivity contribution in [2.45, 2.75) is 276 Å². The number of aliphatic hydroxyl groups is 29. The van der Waals surface area contributed by atoms with E-state index in [1.165, 1.54) is 0 Å². The molecular weight excluding hydrogens is 1380 g/mol.